The fraction of sp³-hybridized carbons (Fsp3) is 0.474. The van der Waals surface area contributed by atoms with E-state index in [2.05, 4.69) is 24.5 Å². The quantitative estimate of drug-likeness (QED) is 0.858. The van der Waals surface area contributed by atoms with Gasteiger partial charge in [-0.1, -0.05) is 18.5 Å². The zero-order chi connectivity index (χ0) is 16.9. The minimum atomic E-state index is 0.713. The third kappa shape index (κ3) is 4.05. The first-order chi connectivity index (χ1) is 11.7. The molecule has 1 fully saturated rings. The summed E-state index contributed by atoms with van der Waals surface area (Å²) in [6, 6.07) is 7.70. The van der Waals surface area contributed by atoms with Crippen LogP contribution < -0.4 is 10.6 Å². The maximum atomic E-state index is 5.99. The lowest BCUT2D eigenvalue weighted by atomic mass is 9.98. The number of benzene rings is 1. The summed E-state index contributed by atoms with van der Waals surface area (Å²) in [4.78, 5) is 9.50. The highest BCUT2D eigenvalue weighted by Crippen LogP contribution is 2.24. The molecule has 2 aromatic rings. The van der Waals surface area contributed by atoms with Crippen LogP contribution in [-0.2, 0) is 6.42 Å². The lowest BCUT2D eigenvalue weighted by molar-refractivity contribution is 0.389. The van der Waals surface area contributed by atoms with Crippen molar-refractivity contribution in [1.82, 2.24) is 15.3 Å². The summed E-state index contributed by atoms with van der Waals surface area (Å²) < 4.78 is 0. The second-order valence-electron chi connectivity index (χ2n) is 6.39. The third-order valence-corrected chi connectivity index (χ3v) is 4.94. The molecule has 0 amide bonds. The minimum absolute atomic E-state index is 0.713. The first kappa shape index (κ1) is 17.2. The van der Waals surface area contributed by atoms with Gasteiger partial charge in [0.05, 0.1) is 0 Å². The highest BCUT2D eigenvalue weighted by Gasteiger charge is 2.16. The molecular weight excluding hydrogens is 320 g/mol. The molecule has 128 valence electrons. The average molecular weight is 345 g/mol. The Hall–Kier alpha value is -1.65. The molecule has 0 atom stereocenters. The highest BCUT2D eigenvalue weighted by molar-refractivity contribution is 6.30. The van der Waals surface area contributed by atoms with Crippen molar-refractivity contribution in [2.45, 2.75) is 33.1 Å². The molecule has 1 aromatic heterocycles. The highest BCUT2D eigenvalue weighted by atomic mass is 35.5. The van der Waals surface area contributed by atoms with Gasteiger partial charge < -0.3 is 10.6 Å². The molecule has 1 aliphatic rings. The van der Waals surface area contributed by atoms with Crippen molar-refractivity contribution >= 4 is 17.4 Å². The summed E-state index contributed by atoms with van der Waals surface area (Å²) >= 11 is 5.99. The number of anilines is 1. The van der Waals surface area contributed by atoms with Gasteiger partial charge in [0.1, 0.15) is 5.82 Å². The predicted octanol–water partition coefficient (Wildman–Crippen LogP) is 4.08. The van der Waals surface area contributed by atoms with Crippen LogP contribution in [0.15, 0.2) is 24.3 Å². The fourth-order valence-corrected chi connectivity index (χ4v) is 3.35. The number of hydrogen-bond acceptors (Lipinski definition) is 4. The third-order valence-electron chi connectivity index (χ3n) is 4.69. The van der Waals surface area contributed by atoms with Gasteiger partial charge >= 0.3 is 0 Å². The van der Waals surface area contributed by atoms with E-state index in [-0.39, 0.29) is 0 Å². The molecule has 1 aromatic carbocycles. The number of aryl methyl sites for hydroxylation is 1. The Morgan fingerprint density at radius 1 is 1.17 bits per heavy atom. The summed E-state index contributed by atoms with van der Waals surface area (Å²) in [5.41, 5.74) is 3.25. The van der Waals surface area contributed by atoms with Crippen LogP contribution in [0.5, 0.6) is 0 Å². The molecule has 24 heavy (non-hydrogen) atoms. The maximum Gasteiger partial charge on any atom is 0.161 e. The molecule has 2 heterocycles. The van der Waals surface area contributed by atoms with Gasteiger partial charge in [-0.25, -0.2) is 9.97 Å². The Labute approximate surface area is 149 Å². The van der Waals surface area contributed by atoms with E-state index in [1.807, 2.05) is 24.3 Å². The van der Waals surface area contributed by atoms with Crippen molar-refractivity contribution in [3.05, 3.63) is 40.5 Å². The number of rotatable bonds is 5. The first-order valence-corrected chi connectivity index (χ1v) is 9.13. The van der Waals surface area contributed by atoms with Gasteiger partial charge in [0, 0.05) is 28.4 Å². The van der Waals surface area contributed by atoms with Gasteiger partial charge in [0.15, 0.2) is 5.82 Å². The average Bonchev–Trinajstić information content (AvgIpc) is 2.61. The predicted molar refractivity (Wildman–Crippen MR) is 101 cm³/mol. The van der Waals surface area contributed by atoms with Crippen LogP contribution in [0.1, 0.15) is 31.0 Å². The molecule has 3 rings (SSSR count). The van der Waals surface area contributed by atoms with E-state index in [1.54, 1.807) is 0 Å². The monoisotopic (exact) mass is 344 g/mol. The van der Waals surface area contributed by atoms with Gasteiger partial charge in [0.2, 0.25) is 0 Å². The lowest BCUT2D eigenvalue weighted by Crippen LogP contribution is -2.31. The van der Waals surface area contributed by atoms with Crippen molar-refractivity contribution in [2.24, 2.45) is 5.92 Å². The summed E-state index contributed by atoms with van der Waals surface area (Å²) in [5.74, 6) is 2.45. The summed E-state index contributed by atoms with van der Waals surface area (Å²) in [6.45, 7) is 7.43. The van der Waals surface area contributed by atoms with E-state index in [4.69, 9.17) is 21.6 Å². The lowest BCUT2D eigenvalue weighted by Gasteiger charge is -2.24. The first-order valence-electron chi connectivity index (χ1n) is 8.75. The van der Waals surface area contributed by atoms with E-state index in [1.165, 1.54) is 18.4 Å². The number of hydrogen-bond donors (Lipinski definition) is 2. The zero-order valence-corrected chi connectivity index (χ0v) is 15.2. The number of nitrogens with one attached hydrogen (secondary N) is 2. The van der Waals surface area contributed by atoms with Crippen molar-refractivity contribution in [2.75, 3.05) is 25.0 Å². The van der Waals surface area contributed by atoms with E-state index in [0.717, 1.165) is 54.0 Å². The molecule has 1 aliphatic heterocycles. The van der Waals surface area contributed by atoms with E-state index < -0.39 is 0 Å². The Bertz CT molecular complexity index is 679. The summed E-state index contributed by atoms with van der Waals surface area (Å²) in [6.07, 6.45) is 3.38. The summed E-state index contributed by atoms with van der Waals surface area (Å²) in [7, 11) is 0. The molecule has 0 aliphatic carbocycles. The van der Waals surface area contributed by atoms with Crippen molar-refractivity contribution in [3.8, 4) is 11.4 Å². The largest absolute Gasteiger partial charge is 0.369 e. The molecule has 0 saturated carbocycles. The van der Waals surface area contributed by atoms with Crippen LogP contribution in [-0.4, -0.2) is 29.6 Å². The smallest absolute Gasteiger partial charge is 0.161 e. The zero-order valence-electron chi connectivity index (χ0n) is 14.4. The van der Waals surface area contributed by atoms with Gasteiger partial charge in [-0.15, -0.1) is 0 Å². The van der Waals surface area contributed by atoms with Gasteiger partial charge in [-0.2, -0.15) is 0 Å². The topological polar surface area (TPSA) is 49.8 Å². The standard InChI is InChI=1S/C19H25ClN4/c1-3-17-13(2)23-18(15-4-6-16(20)7-5-15)24-19(17)22-12-14-8-10-21-11-9-14/h4-7,14,21H,3,8-12H2,1-2H3,(H,22,23,24). The van der Waals surface area contributed by atoms with Gasteiger partial charge in [0.25, 0.3) is 0 Å². The van der Waals surface area contributed by atoms with Crippen molar-refractivity contribution in [3.63, 3.8) is 0 Å². The van der Waals surface area contributed by atoms with E-state index >= 15 is 0 Å². The van der Waals surface area contributed by atoms with Crippen molar-refractivity contribution < 1.29 is 0 Å². The molecule has 4 nitrogen and oxygen atoms in total. The number of halogens is 1. The van der Waals surface area contributed by atoms with Gasteiger partial charge in [-0.05, 0) is 69.5 Å². The maximum absolute atomic E-state index is 5.99. The van der Waals surface area contributed by atoms with Crippen molar-refractivity contribution in [1.29, 1.82) is 0 Å². The fourth-order valence-electron chi connectivity index (χ4n) is 3.22. The molecule has 1 saturated heterocycles. The van der Waals surface area contributed by atoms with Crippen LogP contribution in [0.25, 0.3) is 11.4 Å². The second kappa shape index (κ2) is 7.95. The molecular formula is C19H25ClN4. The normalized spacial score (nSPS) is 15.5. The molecule has 5 heteroatoms. The molecule has 2 N–H and O–H groups in total. The van der Waals surface area contributed by atoms with Crippen LogP contribution in [0.2, 0.25) is 5.02 Å². The second-order valence-corrected chi connectivity index (χ2v) is 6.83. The molecule has 0 radical (unpaired) electrons. The van der Waals surface area contributed by atoms with E-state index in [9.17, 15) is 0 Å². The number of piperidine rings is 1. The molecule has 0 unspecified atom stereocenters. The SMILES string of the molecule is CCc1c(C)nc(-c2ccc(Cl)cc2)nc1NCC1CCNCC1. The van der Waals surface area contributed by atoms with Crippen LogP contribution in [0, 0.1) is 12.8 Å². The molecule has 0 spiro atoms. The van der Waals surface area contributed by atoms with Crippen LogP contribution >= 0.6 is 11.6 Å². The number of aromatic nitrogens is 2. The summed E-state index contributed by atoms with van der Waals surface area (Å²) in [5, 5.41) is 7.73. The Balaban J connectivity index is 1.84. The van der Waals surface area contributed by atoms with Crippen LogP contribution in [0.3, 0.4) is 0 Å². The minimum Gasteiger partial charge on any atom is -0.369 e. The Morgan fingerprint density at radius 2 is 1.88 bits per heavy atom. The van der Waals surface area contributed by atoms with Gasteiger partial charge in [-0.3, -0.25) is 0 Å². The van der Waals surface area contributed by atoms with E-state index in [0.29, 0.717) is 5.92 Å². The van der Waals surface area contributed by atoms with Crippen LogP contribution in [0.4, 0.5) is 5.82 Å². The Kier molecular flexibility index (Phi) is 5.69. The number of nitrogens with zero attached hydrogens (tertiary/aromatic N) is 2. The molecule has 0 bridgehead atoms. The Morgan fingerprint density at radius 3 is 2.54 bits per heavy atom.